The van der Waals surface area contributed by atoms with Gasteiger partial charge >= 0.3 is 0 Å². The van der Waals surface area contributed by atoms with Gasteiger partial charge in [-0.25, -0.2) is 4.98 Å². The van der Waals surface area contributed by atoms with E-state index >= 15 is 0 Å². The van der Waals surface area contributed by atoms with Crippen molar-refractivity contribution in [2.24, 2.45) is 11.3 Å². The first-order valence-corrected chi connectivity index (χ1v) is 9.14. The Bertz CT molecular complexity index is 649. The van der Waals surface area contributed by atoms with Crippen LogP contribution in [0.1, 0.15) is 46.5 Å². The van der Waals surface area contributed by atoms with Gasteiger partial charge in [0.2, 0.25) is 5.91 Å². The molecule has 1 aromatic rings. The van der Waals surface area contributed by atoms with Crippen LogP contribution in [-0.4, -0.2) is 50.2 Å². The number of aromatic nitrogens is 3. The largest absolute Gasteiger partial charge is 0.326 e. The molecule has 3 atom stereocenters. The lowest BCUT2D eigenvalue weighted by Gasteiger charge is -2.42. The van der Waals surface area contributed by atoms with Gasteiger partial charge < -0.3 is 10.2 Å². The minimum atomic E-state index is -0.251. The third-order valence-electron chi connectivity index (χ3n) is 6.66. The zero-order chi connectivity index (χ0) is 18.1. The molecule has 2 aliphatic rings. The van der Waals surface area contributed by atoms with E-state index in [9.17, 15) is 10.1 Å². The molecule has 1 saturated carbocycles. The molecule has 7 heteroatoms. The summed E-state index contributed by atoms with van der Waals surface area (Å²) in [6.45, 7) is 8.61. The molecule has 1 aromatic heterocycles. The van der Waals surface area contributed by atoms with Crippen molar-refractivity contribution in [2.75, 3.05) is 13.1 Å². The first kappa shape index (κ1) is 17.9. The van der Waals surface area contributed by atoms with E-state index in [-0.39, 0.29) is 22.9 Å². The van der Waals surface area contributed by atoms with Gasteiger partial charge in [-0.1, -0.05) is 13.8 Å². The highest BCUT2D eigenvalue weighted by Crippen LogP contribution is 2.50. The number of carbonyl (C=O) groups is 1. The molecule has 0 radical (unpaired) electrons. The van der Waals surface area contributed by atoms with Crippen LogP contribution in [0.5, 0.6) is 0 Å². The van der Waals surface area contributed by atoms with Crippen LogP contribution in [0.3, 0.4) is 0 Å². The summed E-state index contributed by atoms with van der Waals surface area (Å²) in [6.07, 6.45) is 7.17. The van der Waals surface area contributed by atoms with Crippen molar-refractivity contribution < 1.29 is 4.79 Å². The van der Waals surface area contributed by atoms with Crippen molar-refractivity contribution in [2.45, 2.75) is 64.6 Å². The Morgan fingerprint density at radius 1 is 1.40 bits per heavy atom. The number of rotatable bonds is 5. The van der Waals surface area contributed by atoms with Crippen LogP contribution in [0.4, 0.5) is 0 Å². The fourth-order valence-corrected chi connectivity index (χ4v) is 4.36. The molecule has 136 valence electrons. The number of nitriles is 1. The standard InChI is InChI=1S/C18H28N6O/c1-17(2)14(11-23-13-20-12-22-23)6-7-18(17,3)21-10-16(25)24-8-4-5-15(24)9-19/h12-15,21H,4-8,10-11H2,1-3H3/t14-,15?,18-/m1/s1. The van der Waals surface area contributed by atoms with Crippen molar-refractivity contribution in [3.05, 3.63) is 12.7 Å². The maximum atomic E-state index is 12.6. The summed E-state index contributed by atoms with van der Waals surface area (Å²) >= 11 is 0. The molecular weight excluding hydrogens is 316 g/mol. The molecule has 0 aromatic carbocycles. The third kappa shape index (κ3) is 3.28. The summed E-state index contributed by atoms with van der Waals surface area (Å²) in [5, 5.41) is 16.9. The van der Waals surface area contributed by atoms with Crippen LogP contribution in [0.2, 0.25) is 0 Å². The number of likely N-dealkylation sites (tertiary alicyclic amines) is 1. The second-order valence-corrected chi connectivity index (χ2v) is 8.13. The highest BCUT2D eigenvalue weighted by molar-refractivity contribution is 5.79. The van der Waals surface area contributed by atoms with Crippen LogP contribution in [0.15, 0.2) is 12.7 Å². The van der Waals surface area contributed by atoms with Gasteiger partial charge in [0.15, 0.2) is 0 Å². The Labute approximate surface area is 149 Å². The topological polar surface area (TPSA) is 86.8 Å². The number of nitrogens with zero attached hydrogens (tertiary/aromatic N) is 5. The average molecular weight is 344 g/mol. The third-order valence-corrected chi connectivity index (χ3v) is 6.66. The zero-order valence-corrected chi connectivity index (χ0v) is 15.4. The summed E-state index contributed by atoms with van der Waals surface area (Å²) in [5.41, 5.74) is -0.0886. The molecule has 1 amide bonds. The van der Waals surface area contributed by atoms with Crippen molar-refractivity contribution in [3.8, 4) is 6.07 Å². The molecular formula is C18H28N6O. The van der Waals surface area contributed by atoms with Crippen molar-refractivity contribution in [1.82, 2.24) is 25.0 Å². The molecule has 7 nitrogen and oxygen atoms in total. The molecule has 1 saturated heterocycles. The molecule has 2 fully saturated rings. The van der Waals surface area contributed by atoms with E-state index < -0.39 is 0 Å². The lowest BCUT2D eigenvalue weighted by Crippen LogP contribution is -2.55. The van der Waals surface area contributed by atoms with Gasteiger partial charge in [-0.3, -0.25) is 9.48 Å². The second kappa shape index (κ2) is 6.75. The molecule has 1 N–H and O–H groups in total. The van der Waals surface area contributed by atoms with Gasteiger partial charge in [0.05, 0.1) is 12.6 Å². The van der Waals surface area contributed by atoms with Crippen LogP contribution in [0, 0.1) is 22.7 Å². The van der Waals surface area contributed by atoms with E-state index in [1.165, 1.54) is 0 Å². The number of amides is 1. The maximum Gasteiger partial charge on any atom is 0.237 e. The van der Waals surface area contributed by atoms with E-state index in [0.29, 0.717) is 19.0 Å². The highest BCUT2D eigenvalue weighted by Gasteiger charge is 2.51. The van der Waals surface area contributed by atoms with Gasteiger partial charge in [0, 0.05) is 18.6 Å². The number of nitrogens with one attached hydrogen (secondary N) is 1. The minimum absolute atomic E-state index is 0.0267. The Morgan fingerprint density at radius 2 is 2.20 bits per heavy atom. The fourth-order valence-electron chi connectivity index (χ4n) is 4.36. The summed E-state index contributed by atoms with van der Waals surface area (Å²) in [7, 11) is 0. The van der Waals surface area contributed by atoms with Crippen molar-refractivity contribution >= 4 is 5.91 Å². The summed E-state index contributed by atoms with van der Waals surface area (Å²) in [6, 6.07) is 1.99. The monoisotopic (exact) mass is 344 g/mol. The molecule has 1 aliphatic carbocycles. The lowest BCUT2D eigenvalue weighted by molar-refractivity contribution is -0.130. The fraction of sp³-hybridized carbons (Fsp3) is 0.778. The molecule has 25 heavy (non-hydrogen) atoms. The van der Waals surface area contributed by atoms with E-state index in [2.05, 4.69) is 42.2 Å². The quantitative estimate of drug-likeness (QED) is 0.876. The first-order valence-electron chi connectivity index (χ1n) is 9.14. The minimum Gasteiger partial charge on any atom is -0.326 e. The molecule has 0 bridgehead atoms. The number of carbonyl (C=O) groups excluding carboxylic acids is 1. The number of hydrogen-bond acceptors (Lipinski definition) is 5. The van der Waals surface area contributed by atoms with Crippen LogP contribution >= 0.6 is 0 Å². The van der Waals surface area contributed by atoms with Crippen LogP contribution in [0.25, 0.3) is 0 Å². The summed E-state index contributed by atoms with van der Waals surface area (Å²) in [5.74, 6) is 0.515. The predicted molar refractivity (Wildman–Crippen MR) is 93.3 cm³/mol. The Balaban J connectivity index is 1.61. The van der Waals surface area contributed by atoms with Crippen LogP contribution in [-0.2, 0) is 11.3 Å². The van der Waals surface area contributed by atoms with Crippen LogP contribution < -0.4 is 5.32 Å². The normalized spacial score (nSPS) is 31.2. The van der Waals surface area contributed by atoms with E-state index in [1.54, 1.807) is 17.6 Å². The second-order valence-electron chi connectivity index (χ2n) is 8.13. The van der Waals surface area contributed by atoms with Gasteiger partial charge in [-0.05, 0) is 43.9 Å². The molecule has 0 spiro atoms. The van der Waals surface area contributed by atoms with E-state index in [4.69, 9.17) is 0 Å². The summed E-state index contributed by atoms with van der Waals surface area (Å²) < 4.78 is 1.89. The zero-order valence-electron chi connectivity index (χ0n) is 15.4. The average Bonchev–Trinajstić information content (AvgIpc) is 3.30. The Morgan fingerprint density at radius 3 is 2.88 bits per heavy atom. The molecule has 2 heterocycles. The Kier molecular flexibility index (Phi) is 4.83. The maximum absolute atomic E-state index is 12.6. The lowest BCUT2D eigenvalue weighted by atomic mass is 9.71. The molecule has 1 aliphatic heterocycles. The van der Waals surface area contributed by atoms with Gasteiger partial charge in [0.1, 0.15) is 18.7 Å². The first-order chi connectivity index (χ1) is 11.9. The van der Waals surface area contributed by atoms with Crippen molar-refractivity contribution in [3.63, 3.8) is 0 Å². The van der Waals surface area contributed by atoms with E-state index in [0.717, 1.165) is 32.2 Å². The Hall–Kier alpha value is -1.94. The van der Waals surface area contributed by atoms with E-state index in [1.807, 2.05) is 4.68 Å². The highest BCUT2D eigenvalue weighted by atomic mass is 16.2. The predicted octanol–water partition coefficient (Wildman–Crippen LogP) is 1.58. The smallest absolute Gasteiger partial charge is 0.237 e. The van der Waals surface area contributed by atoms with Gasteiger partial charge in [-0.2, -0.15) is 10.4 Å². The summed E-state index contributed by atoms with van der Waals surface area (Å²) in [4.78, 5) is 18.3. The SMILES string of the molecule is CC1(C)[C@@H](Cn2cncn2)CC[C@@]1(C)NCC(=O)N1CCCC1C#N. The van der Waals surface area contributed by atoms with Gasteiger partial charge in [-0.15, -0.1) is 0 Å². The molecule has 1 unspecified atom stereocenters. The molecule has 3 rings (SSSR count). The number of hydrogen-bond donors (Lipinski definition) is 1. The van der Waals surface area contributed by atoms with Gasteiger partial charge in [0.25, 0.3) is 0 Å². The van der Waals surface area contributed by atoms with Crippen molar-refractivity contribution in [1.29, 1.82) is 5.26 Å².